The third-order valence-electron chi connectivity index (χ3n) is 7.82. The Morgan fingerprint density at radius 2 is 1.64 bits per heavy atom. The molecule has 0 aliphatic heterocycles. The van der Waals surface area contributed by atoms with Crippen LogP contribution in [-0.4, -0.2) is 17.0 Å². The van der Waals surface area contributed by atoms with Crippen LogP contribution in [0.15, 0.2) is 72.3 Å². The molecule has 0 spiro atoms. The summed E-state index contributed by atoms with van der Waals surface area (Å²) in [5, 5.41) is 0. The van der Waals surface area contributed by atoms with Gasteiger partial charge in [-0.1, -0.05) is 107 Å². The molecule has 1 fully saturated rings. The van der Waals surface area contributed by atoms with E-state index in [1.165, 1.54) is 11.1 Å². The minimum absolute atomic E-state index is 0.107. The van der Waals surface area contributed by atoms with Crippen LogP contribution in [0.5, 0.6) is 0 Å². The number of aryl methyl sites for hydroxylation is 1. The fourth-order valence-corrected chi connectivity index (χ4v) is 5.12. The molecule has 1 unspecified atom stereocenters. The number of allylic oxidation sites excluding steroid dienone is 1. The largest absolute Gasteiger partial charge is 0.399 e. The summed E-state index contributed by atoms with van der Waals surface area (Å²) in [6.45, 7) is 17.0. The highest BCUT2D eigenvalue weighted by molar-refractivity contribution is 6.46. The number of carbonyl (C=O) groups is 1. The third kappa shape index (κ3) is 6.84. The lowest BCUT2D eigenvalue weighted by atomic mass is 9.67. The van der Waals surface area contributed by atoms with Crippen molar-refractivity contribution in [2.24, 2.45) is 22.1 Å². The number of nitrogens with two attached hydrogens (primary N) is 1. The van der Waals surface area contributed by atoms with Gasteiger partial charge in [-0.05, 0) is 61.0 Å². The molecule has 3 rings (SSSR count). The number of benzene rings is 2. The summed E-state index contributed by atoms with van der Waals surface area (Å²) < 4.78 is 0. The molecule has 2 aromatic rings. The van der Waals surface area contributed by atoms with Crippen LogP contribution in [0.1, 0.15) is 94.9 Å². The lowest BCUT2D eigenvalue weighted by Crippen LogP contribution is -2.36. The molecule has 0 bridgehead atoms. The molecule has 0 heterocycles. The SMILES string of the molecule is C=C(N)c1ccc(C(C)/C=C\C2(/N=C(\C(=O)CC)c3ccc(C)cc3)CCC(C(C)(C)C)CC2)cc1. The molecule has 3 nitrogen and oxygen atoms in total. The van der Waals surface area contributed by atoms with Gasteiger partial charge in [-0.2, -0.15) is 0 Å². The van der Waals surface area contributed by atoms with E-state index >= 15 is 0 Å². The lowest BCUT2D eigenvalue weighted by Gasteiger charge is -2.41. The highest BCUT2D eigenvalue weighted by atomic mass is 16.1. The van der Waals surface area contributed by atoms with Gasteiger partial charge in [0.25, 0.3) is 0 Å². The highest BCUT2D eigenvalue weighted by Gasteiger charge is 2.38. The van der Waals surface area contributed by atoms with Crippen molar-refractivity contribution in [1.29, 1.82) is 0 Å². The number of rotatable bonds is 8. The summed E-state index contributed by atoms with van der Waals surface area (Å²) in [7, 11) is 0. The van der Waals surface area contributed by atoms with Crippen LogP contribution < -0.4 is 5.73 Å². The van der Waals surface area contributed by atoms with Gasteiger partial charge in [-0.15, -0.1) is 0 Å². The smallest absolute Gasteiger partial charge is 0.181 e. The summed E-state index contributed by atoms with van der Waals surface area (Å²) in [5.41, 5.74) is 11.2. The van der Waals surface area contributed by atoms with Crippen molar-refractivity contribution in [1.82, 2.24) is 0 Å². The predicted octanol–water partition coefficient (Wildman–Crippen LogP) is 8.03. The molecule has 1 aliphatic rings. The number of Topliss-reactive ketones (excluding diaryl/α,β-unsaturated/α-hetero) is 1. The van der Waals surface area contributed by atoms with Gasteiger partial charge in [0.05, 0.1) is 5.54 Å². The van der Waals surface area contributed by atoms with E-state index in [2.05, 4.69) is 77.6 Å². The first-order chi connectivity index (χ1) is 16.9. The fourth-order valence-electron chi connectivity index (χ4n) is 5.12. The molecule has 0 radical (unpaired) electrons. The first kappa shape index (κ1) is 27.6. The fraction of sp³-hybridized carbons (Fsp3) is 0.455. The second kappa shape index (κ2) is 11.4. The number of aliphatic imine (C=N–C) groups is 1. The highest BCUT2D eigenvalue weighted by Crippen LogP contribution is 2.44. The normalized spacial score (nSPS) is 21.9. The van der Waals surface area contributed by atoms with Crippen molar-refractivity contribution in [3.8, 4) is 0 Å². The zero-order valence-corrected chi connectivity index (χ0v) is 23.1. The zero-order chi connectivity index (χ0) is 26.5. The first-order valence-electron chi connectivity index (χ1n) is 13.4. The van der Waals surface area contributed by atoms with E-state index < -0.39 is 0 Å². The van der Waals surface area contributed by atoms with Gasteiger partial charge in [0.15, 0.2) is 5.78 Å². The summed E-state index contributed by atoms with van der Waals surface area (Å²) >= 11 is 0. The molecule has 1 saturated carbocycles. The first-order valence-corrected chi connectivity index (χ1v) is 13.4. The molecular weight excluding hydrogens is 440 g/mol. The molecule has 0 aromatic heterocycles. The van der Waals surface area contributed by atoms with Crippen LogP contribution in [-0.2, 0) is 4.79 Å². The maximum atomic E-state index is 13.1. The molecule has 2 N–H and O–H groups in total. The second-order valence-corrected chi connectivity index (χ2v) is 11.6. The molecule has 0 amide bonds. The Kier molecular flexibility index (Phi) is 8.76. The van der Waals surface area contributed by atoms with E-state index in [0.29, 0.717) is 23.7 Å². The van der Waals surface area contributed by atoms with Crippen LogP contribution in [0.2, 0.25) is 0 Å². The molecule has 0 saturated heterocycles. The average molecular weight is 485 g/mol. The van der Waals surface area contributed by atoms with Crippen LogP contribution in [0.3, 0.4) is 0 Å². The van der Waals surface area contributed by atoms with Crippen LogP contribution in [0.4, 0.5) is 0 Å². The van der Waals surface area contributed by atoms with Gasteiger partial charge in [0.1, 0.15) is 5.71 Å². The third-order valence-corrected chi connectivity index (χ3v) is 7.82. The van der Waals surface area contributed by atoms with Crippen molar-refractivity contribution >= 4 is 17.2 Å². The van der Waals surface area contributed by atoms with E-state index in [4.69, 9.17) is 10.7 Å². The van der Waals surface area contributed by atoms with Crippen LogP contribution >= 0.6 is 0 Å². The maximum absolute atomic E-state index is 13.1. The van der Waals surface area contributed by atoms with Crippen LogP contribution in [0, 0.1) is 18.3 Å². The molecule has 1 atom stereocenters. The van der Waals surface area contributed by atoms with Crippen LogP contribution in [0.25, 0.3) is 5.70 Å². The van der Waals surface area contributed by atoms with E-state index in [1.54, 1.807) is 0 Å². The molecule has 36 heavy (non-hydrogen) atoms. The molecule has 192 valence electrons. The Labute approximate surface area is 218 Å². The van der Waals surface area contributed by atoms with E-state index in [-0.39, 0.29) is 22.7 Å². The monoisotopic (exact) mass is 484 g/mol. The Morgan fingerprint density at radius 1 is 1.08 bits per heavy atom. The minimum atomic E-state index is -0.369. The lowest BCUT2D eigenvalue weighted by molar-refractivity contribution is -0.112. The van der Waals surface area contributed by atoms with Gasteiger partial charge < -0.3 is 5.73 Å². The Hall–Kier alpha value is -2.94. The van der Waals surface area contributed by atoms with Gasteiger partial charge >= 0.3 is 0 Å². The van der Waals surface area contributed by atoms with E-state index in [0.717, 1.165) is 36.8 Å². The predicted molar refractivity (Wildman–Crippen MR) is 154 cm³/mol. The molecule has 3 heteroatoms. The van der Waals surface area contributed by atoms with Crippen molar-refractivity contribution < 1.29 is 4.79 Å². The number of carbonyl (C=O) groups excluding carboxylic acids is 1. The van der Waals surface area contributed by atoms with Gasteiger partial charge in [-0.25, -0.2) is 0 Å². The Morgan fingerprint density at radius 3 is 2.14 bits per heavy atom. The Balaban J connectivity index is 1.99. The van der Waals surface area contributed by atoms with Gasteiger partial charge in [0.2, 0.25) is 0 Å². The zero-order valence-electron chi connectivity index (χ0n) is 23.1. The van der Waals surface area contributed by atoms with Crippen molar-refractivity contribution in [2.45, 2.75) is 85.1 Å². The van der Waals surface area contributed by atoms with Crippen molar-refractivity contribution in [3.05, 3.63) is 89.5 Å². The number of hydrogen-bond donors (Lipinski definition) is 1. The summed E-state index contributed by atoms with van der Waals surface area (Å²) in [4.78, 5) is 18.4. The molecule has 1 aliphatic carbocycles. The second-order valence-electron chi connectivity index (χ2n) is 11.6. The average Bonchev–Trinajstić information content (AvgIpc) is 2.86. The maximum Gasteiger partial charge on any atom is 0.181 e. The quantitative estimate of drug-likeness (QED) is 0.304. The standard InChI is InChI=1S/C33H44N2O/c1-8-30(36)31(28-11-9-23(2)10-12-28)35-33(21-18-29(19-22-33)32(5,6)7)20-17-24(3)26-13-15-27(16-14-26)25(4)34/h9-17,20,24,29H,4,8,18-19,21-22,34H2,1-3,5-7H3/b20-17-,35-31-. The van der Waals surface area contributed by atoms with Gasteiger partial charge in [0, 0.05) is 17.7 Å². The van der Waals surface area contributed by atoms with Gasteiger partial charge in [-0.3, -0.25) is 9.79 Å². The number of hydrogen-bond acceptors (Lipinski definition) is 3. The molecule has 2 aromatic carbocycles. The topological polar surface area (TPSA) is 55.4 Å². The van der Waals surface area contributed by atoms with E-state index in [9.17, 15) is 4.79 Å². The molecular formula is C33H44N2O. The summed E-state index contributed by atoms with van der Waals surface area (Å²) in [6.07, 6.45) is 9.15. The summed E-state index contributed by atoms with van der Waals surface area (Å²) in [5.74, 6) is 0.991. The number of ketones is 1. The minimum Gasteiger partial charge on any atom is -0.399 e. The Bertz CT molecular complexity index is 1110. The number of nitrogens with zero attached hydrogens (tertiary/aromatic N) is 1. The van der Waals surface area contributed by atoms with E-state index in [1.807, 2.05) is 31.2 Å². The van der Waals surface area contributed by atoms with Crippen molar-refractivity contribution in [3.63, 3.8) is 0 Å². The van der Waals surface area contributed by atoms with Crippen molar-refractivity contribution in [2.75, 3.05) is 0 Å². The summed E-state index contributed by atoms with van der Waals surface area (Å²) in [6, 6.07) is 16.5.